The molecule has 1 aliphatic heterocycles. The molecule has 148 valence electrons. The predicted octanol–water partition coefficient (Wildman–Crippen LogP) is 2.61. The standard InChI is InChI=1S/C20H26N6O2/c1-13-14(2)22-17-4-3-15(11-16(13)17)23-18-12-19(25-20(21)24-18)28-10-7-26-5-8-27-9-6-26/h3-4,11-12,22H,5-10H2,1-2H3,(H3,21,23,24,25). The Labute approximate surface area is 164 Å². The molecule has 4 rings (SSSR count). The summed E-state index contributed by atoms with van der Waals surface area (Å²) < 4.78 is 11.2. The second-order valence-corrected chi connectivity index (χ2v) is 7.01. The monoisotopic (exact) mass is 382 g/mol. The fraction of sp³-hybridized carbons (Fsp3) is 0.400. The molecule has 0 atom stereocenters. The minimum Gasteiger partial charge on any atom is -0.476 e. The lowest BCUT2D eigenvalue weighted by Crippen LogP contribution is -2.38. The Balaban J connectivity index is 1.43. The van der Waals surface area contributed by atoms with Crippen LogP contribution in [0.15, 0.2) is 24.3 Å². The summed E-state index contributed by atoms with van der Waals surface area (Å²) in [6.45, 7) is 8.99. The molecule has 0 aliphatic carbocycles. The van der Waals surface area contributed by atoms with Crippen molar-refractivity contribution in [2.24, 2.45) is 0 Å². The van der Waals surface area contributed by atoms with E-state index in [2.05, 4.69) is 51.1 Å². The van der Waals surface area contributed by atoms with Crippen LogP contribution >= 0.6 is 0 Å². The number of rotatable bonds is 6. The summed E-state index contributed by atoms with van der Waals surface area (Å²) in [7, 11) is 0. The fourth-order valence-electron chi connectivity index (χ4n) is 3.37. The Morgan fingerprint density at radius 3 is 2.86 bits per heavy atom. The number of nitrogens with two attached hydrogens (primary N) is 1. The van der Waals surface area contributed by atoms with Crippen molar-refractivity contribution in [1.82, 2.24) is 19.9 Å². The Morgan fingerprint density at radius 2 is 2.04 bits per heavy atom. The summed E-state index contributed by atoms with van der Waals surface area (Å²) in [4.78, 5) is 14.1. The Kier molecular flexibility index (Phi) is 5.31. The maximum absolute atomic E-state index is 5.87. The number of aromatic amines is 1. The number of aromatic nitrogens is 3. The molecule has 0 radical (unpaired) electrons. The molecule has 2 aromatic heterocycles. The van der Waals surface area contributed by atoms with Gasteiger partial charge in [0.2, 0.25) is 11.8 Å². The predicted molar refractivity (Wildman–Crippen MR) is 110 cm³/mol. The lowest BCUT2D eigenvalue weighted by Gasteiger charge is -2.26. The number of hydrogen-bond acceptors (Lipinski definition) is 7. The minimum absolute atomic E-state index is 0.182. The highest BCUT2D eigenvalue weighted by atomic mass is 16.5. The molecule has 3 aromatic rings. The Bertz CT molecular complexity index is 965. The van der Waals surface area contributed by atoms with Crippen molar-refractivity contribution in [2.45, 2.75) is 13.8 Å². The fourth-order valence-corrected chi connectivity index (χ4v) is 3.37. The highest BCUT2D eigenvalue weighted by Gasteiger charge is 2.11. The van der Waals surface area contributed by atoms with Crippen molar-refractivity contribution in [3.05, 3.63) is 35.5 Å². The zero-order chi connectivity index (χ0) is 19.5. The third-order valence-electron chi connectivity index (χ3n) is 5.06. The molecule has 0 amide bonds. The number of fused-ring (bicyclic) bond motifs is 1. The number of benzene rings is 1. The van der Waals surface area contributed by atoms with E-state index in [1.807, 2.05) is 6.07 Å². The van der Waals surface area contributed by atoms with E-state index in [0.717, 1.165) is 44.1 Å². The molecule has 8 heteroatoms. The van der Waals surface area contributed by atoms with Crippen molar-refractivity contribution in [3.63, 3.8) is 0 Å². The third-order valence-corrected chi connectivity index (χ3v) is 5.06. The summed E-state index contributed by atoms with van der Waals surface area (Å²) in [6.07, 6.45) is 0. The van der Waals surface area contributed by atoms with Crippen LogP contribution in [0.3, 0.4) is 0 Å². The molecule has 0 saturated carbocycles. The summed E-state index contributed by atoms with van der Waals surface area (Å²) >= 11 is 0. The van der Waals surface area contributed by atoms with Crippen LogP contribution in [-0.2, 0) is 4.74 Å². The van der Waals surface area contributed by atoms with Gasteiger partial charge in [0.25, 0.3) is 0 Å². The first-order valence-electron chi connectivity index (χ1n) is 9.52. The van der Waals surface area contributed by atoms with E-state index in [9.17, 15) is 0 Å². The number of nitrogens with zero attached hydrogens (tertiary/aromatic N) is 3. The maximum atomic E-state index is 5.87. The molecule has 4 N–H and O–H groups in total. The van der Waals surface area contributed by atoms with Crippen molar-refractivity contribution in [2.75, 3.05) is 50.5 Å². The zero-order valence-electron chi connectivity index (χ0n) is 16.3. The van der Waals surface area contributed by atoms with Crippen molar-refractivity contribution in [3.8, 4) is 5.88 Å². The molecule has 1 aliphatic rings. The number of H-pyrrole nitrogens is 1. The smallest absolute Gasteiger partial charge is 0.225 e. The van der Waals surface area contributed by atoms with E-state index in [4.69, 9.17) is 15.2 Å². The molecular weight excluding hydrogens is 356 g/mol. The molecule has 0 bridgehead atoms. The highest BCUT2D eigenvalue weighted by Crippen LogP contribution is 2.26. The maximum Gasteiger partial charge on any atom is 0.225 e. The van der Waals surface area contributed by atoms with Crippen molar-refractivity contribution < 1.29 is 9.47 Å². The molecule has 1 aromatic carbocycles. The van der Waals surface area contributed by atoms with Gasteiger partial charge in [-0.3, -0.25) is 4.90 Å². The van der Waals surface area contributed by atoms with Crippen molar-refractivity contribution in [1.29, 1.82) is 0 Å². The molecule has 1 fully saturated rings. The average Bonchev–Trinajstić information content (AvgIpc) is 2.96. The normalized spacial score (nSPS) is 15.1. The van der Waals surface area contributed by atoms with E-state index in [1.165, 1.54) is 16.6 Å². The van der Waals surface area contributed by atoms with Gasteiger partial charge >= 0.3 is 0 Å². The number of nitrogens with one attached hydrogen (secondary N) is 2. The number of aryl methyl sites for hydroxylation is 2. The van der Waals surface area contributed by atoms with Crippen LogP contribution in [0.5, 0.6) is 5.88 Å². The lowest BCUT2D eigenvalue weighted by atomic mass is 10.1. The van der Waals surface area contributed by atoms with Gasteiger partial charge in [-0.25, -0.2) is 0 Å². The zero-order valence-corrected chi connectivity index (χ0v) is 16.3. The van der Waals surface area contributed by atoms with Crippen LogP contribution in [0.2, 0.25) is 0 Å². The van der Waals surface area contributed by atoms with Gasteiger partial charge < -0.3 is 25.5 Å². The van der Waals surface area contributed by atoms with Gasteiger partial charge in [-0.2, -0.15) is 9.97 Å². The largest absolute Gasteiger partial charge is 0.476 e. The van der Waals surface area contributed by atoms with Gasteiger partial charge in [0, 0.05) is 48.0 Å². The first-order chi connectivity index (χ1) is 13.6. The second-order valence-electron chi connectivity index (χ2n) is 7.01. The van der Waals surface area contributed by atoms with Crippen LogP contribution < -0.4 is 15.8 Å². The number of anilines is 3. The lowest BCUT2D eigenvalue weighted by molar-refractivity contribution is 0.0320. The van der Waals surface area contributed by atoms with Gasteiger partial charge in [0.1, 0.15) is 12.4 Å². The van der Waals surface area contributed by atoms with E-state index < -0.39 is 0 Å². The quantitative estimate of drug-likeness (QED) is 0.602. The number of ether oxygens (including phenoxy) is 2. The average molecular weight is 382 g/mol. The first-order valence-corrected chi connectivity index (χ1v) is 9.52. The molecule has 28 heavy (non-hydrogen) atoms. The molecule has 0 unspecified atom stereocenters. The van der Waals surface area contributed by atoms with Gasteiger partial charge in [0.15, 0.2) is 0 Å². The Hall–Kier alpha value is -2.84. The molecule has 8 nitrogen and oxygen atoms in total. The van der Waals surface area contributed by atoms with Crippen LogP contribution in [0, 0.1) is 13.8 Å². The van der Waals surface area contributed by atoms with E-state index in [-0.39, 0.29) is 5.95 Å². The number of nitrogen functional groups attached to an aromatic ring is 1. The highest BCUT2D eigenvalue weighted by molar-refractivity contribution is 5.88. The SMILES string of the molecule is Cc1[nH]c2ccc(Nc3cc(OCCN4CCOCC4)nc(N)n3)cc2c1C. The van der Waals surface area contributed by atoms with Gasteiger partial charge in [-0.15, -0.1) is 0 Å². The summed E-state index contributed by atoms with van der Waals surface area (Å²) in [6, 6.07) is 7.94. The molecule has 0 spiro atoms. The summed E-state index contributed by atoms with van der Waals surface area (Å²) in [5, 5.41) is 4.49. The van der Waals surface area contributed by atoms with Crippen LogP contribution in [0.4, 0.5) is 17.5 Å². The van der Waals surface area contributed by atoms with Crippen LogP contribution in [0.1, 0.15) is 11.3 Å². The van der Waals surface area contributed by atoms with Crippen LogP contribution in [-0.4, -0.2) is 59.3 Å². The van der Waals surface area contributed by atoms with Gasteiger partial charge in [-0.1, -0.05) is 0 Å². The minimum atomic E-state index is 0.182. The first kappa shape index (κ1) is 18.5. The second kappa shape index (κ2) is 8.04. The summed E-state index contributed by atoms with van der Waals surface area (Å²) in [5.41, 5.74) is 10.3. The van der Waals surface area contributed by atoms with Crippen molar-refractivity contribution >= 4 is 28.4 Å². The Morgan fingerprint density at radius 1 is 1.21 bits per heavy atom. The molecule has 1 saturated heterocycles. The van der Waals surface area contributed by atoms with Gasteiger partial charge in [-0.05, 0) is 37.6 Å². The van der Waals surface area contributed by atoms with E-state index in [1.54, 1.807) is 6.07 Å². The topological polar surface area (TPSA) is 101 Å². The third kappa shape index (κ3) is 4.18. The molecular formula is C20H26N6O2. The van der Waals surface area contributed by atoms with E-state index in [0.29, 0.717) is 18.3 Å². The molecule has 3 heterocycles. The van der Waals surface area contributed by atoms with E-state index >= 15 is 0 Å². The summed E-state index contributed by atoms with van der Waals surface area (Å²) in [5.74, 6) is 1.26. The number of hydrogen-bond donors (Lipinski definition) is 3. The van der Waals surface area contributed by atoms with Crippen LogP contribution in [0.25, 0.3) is 10.9 Å². The number of morpholine rings is 1. The van der Waals surface area contributed by atoms with Gasteiger partial charge in [0.05, 0.1) is 13.2 Å².